The summed E-state index contributed by atoms with van der Waals surface area (Å²) in [4.78, 5) is 16.1. The van der Waals surface area contributed by atoms with Crippen molar-refractivity contribution in [1.82, 2.24) is 4.98 Å². The first-order valence-electron chi connectivity index (χ1n) is 7.79. The number of amides is 1. The van der Waals surface area contributed by atoms with Crippen molar-refractivity contribution in [3.8, 4) is 0 Å². The summed E-state index contributed by atoms with van der Waals surface area (Å²) in [6.07, 6.45) is -3.29. The third-order valence-electron chi connectivity index (χ3n) is 3.60. The SMILES string of the molecule is O=C(Nc1cccc(F)c1)c1ccc(Nc2ccccc2C(F)(F)F)nc1. The van der Waals surface area contributed by atoms with Crippen LogP contribution in [0.4, 0.5) is 34.8 Å². The van der Waals surface area contributed by atoms with Gasteiger partial charge in [-0.1, -0.05) is 18.2 Å². The Kier molecular flexibility index (Phi) is 5.07. The van der Waals surface area contributed by atoms with Crippen molar-refractivity contribution in [3.63, 3.8) is 0 Å². The van der Waals surface area contributed by atoms with Crippen molar-refractivity contribution >= 4 is 23.1 Å². The van der Waals surface area contributed by atoms with Gasteiger partial charge in [-0.15, -0.1) is 0 Å². The van der Waals surface area contributed by atoms with E-state index in [1.54, 1.807) is 0 Å². The van der Waals surface area contributed by atoms with Gasteiger partial charge in [-0.3, -0.25) is 4.79 Å². The number of aromatic nitrogens is 1. The molecule has 2 aromatic carbocycles. The molecule has 0 bridgehead atoms. The molecule has 0 atom stereocenters. The lowest BCUT2D eigenvalue weighted by molar-refractivity contribution is -0.136. The van der Waals surface area contributed by atoms with Crippen LogP contribution in [0, 0.1) is 5.82 Å². The first kappa shape index (κ1) is 18.4. The summed E-state index contributed by atoms with van der Waals surface area (Å²) in [5.74, 6) is -0.863. The van der Waals surface area contributed by atoms with E-state index in [9.17, 15) is 22.4 Å². The maximum absolute atomic E-state index is 13.1. The molecule has 1 amide bonds. The van der Waals surface area contributed by atoms with Crippen molar-refractivity contribution in [2.24, 2.45) is 0 Å². The third-order valence-corrected chi connectivity index (χ3v) is 3.60. The number of benzene rings is 2. The number of carbonyl (C=O) groups excluding carboxylic acids is 1. The van der Waals surface area contributed by atoms with Crippen LogP contribution in [0.25, 0.3) is 0 Å². The average Bonchev–Trinajstić information content (AvgIpc) is 2.62. The van der Waals surface area contributed by atoms with Crippen LogP contribution in [-0.4, -0.2) is 10.9 Å². The van der Waals surface area contributed by atoms with E-state index in [4.69, 9.17) is 0 Å². The first-order chi connectivity index (χ1) is 12.8. The molecule has 0 saturated carbocycles. The van der Waals surface area contributed by atoms with E-state index in [1.165, 1.54) is 54.7 Å². The Morgan fingerprint density at radius 3 is 2.41 bits per heavy atom. The highest BCUT2D eigenvalue weighted by molar-refractivity contribution is 6.04. The van der Waals surface area contributed by atoms with Crippen LogP contribution in [0.2, 0.25) is 0 Å². The molecule has 0 fully saturated rings. The van der Waals surface area contributed by atoms with Gasteiger partial charge in [0.25, 0.3) is 5.91 Å². The smallest absolute Gasteiger partial charge is 0.340 e. The van der Waals surface area contributed by atoms with Crippen molar-refractivity contribution < 1.29 is 22.4 Å². The topological polar surface area (TPSA) is 54.0 Å². The van der Waals surface area contributed by atoms with E-state index >= 15 is 0 Å². The summed E-state index contributed by atoms with van der Waals surface area (Å²) in [5.41, 5.74) is -0.510. The lowest BCUT2D eigenvalue weighted by atomic mass is 10.1. The van der Waals surface area contributed by atoms with E-state index in [2.05, 4.69) is 15.6 Å². The Balaban J connectivity index is 1.74. The highest BCUT2D eigenvalue weighted by atomic mass is 19.4. The monoisotopic (exact) mass is 375 g/mol. The quantitative estimate of drug-likeness (QED) is 0.614. The molecule has 3 aromatic rings. The Bertz CT molecular complexity index is 956. The van der Waals surface area contributed by atoms with Gasteiger partial charge in [0, 0.05) is 11.9 Å². The molecule has 0 spiro atoms. The number of hydrogen-bond donors (Lipinski definition) is 2. The Morgan fingerprint density at radius 2 is 1.74 bits per heavy atom. The summed E-state index contributed by atoms with van der Waals surface area (Å²) in [6.45, 7) is 0. The molecule has 4 nitrogen and oxygen atoms in total. The van der Waals surface area contributed by atoms with E-state index < -0.39 is 23.5 Å². The molecule has 3 rings (SSSR count). The average molecular weight is 375 g/mol. The molecular weight excluding hydrogens is 362 g/mol. The number of anilines is 3. The highest BCUT2D eigenvalue weighted by Crippen LogP contribution is 2.35. The van der Waals surface area contributed by atoms with Gasteiger partial charge in [0.05, 0.1) is 16.8 Å². The molecule has 27 heavy (non-hydrogen) atoms. The molecule has 0 unspecified atom stereocenters. The van der Waals surface area contributed by atoms with Gasteiger partial charge < -0.3 is 10.6 Å². The molecule has 1 aromatic heterocycles. The lowest BCUT2D eigenvalue weighted by Gasteiger charge is -2.14. The van der Waals surface area contributed by atoms with Gasteiger partial charge in [0.1, 0.15) is 11.6 Å². The van der Waals surface area contributed by atoms with Gasteiger partial charge in [0.15, 0.2) is 0 Å². The summed E-state index contributed by atoms with van der Waals surface area (Å²) in [7, 11) is 0. The summed E-state index contributed by atoms with van der Waals surface area (Å²) < 4.78 is 52.2. The molecule has 0 aliphatic rings. The minimum absolute atomic E-state index is 0.144. The van der Waals surface area contributed by atoms with Gasteiger partial charge >= 0.3 is 6.18 Å². The number of hydrogen-bond acceptors (Lipinski definition) is 3. The van der Waals surface area contributed by atoms with Crippen molar-refractivity contribution in [1.29, 1.82) is 0 Å². The second-order valence-corrected chi connectivity index (χ2v) is 5.56. The van der Waals surface area contributed by atoms with E-state index in [1.807, 2.05) is 0 Å². The fourth-order valence-electron chi connectivity index (χ4n) is 2.35. The summed E-state index contributed by atoms with van der Waals surface area (Å²) in [5, 5.41) is 5.10. The van der Waals surface area contributed by atoms with Crippen LogP contribution in [0.3, 0.4) is 0 Å². The standard InChI is InChI=1S/C19H13F4N3O/c20-13-4-3-5-14(10-13)25-18(27)12-8-9-17(24-11-12)26-16-7-2-1-6-15(16)19(21,22)23/h1-11H,(H,24,26)(H,25,27). The zero-order valence-corrected chi connectivity index (χ0v) is 13.7. The van der Waals surface area contributed by atoms with Crippen LogP contribution in [0.15, 0.2) is 66.9 Å². The zero-order valence-electron chi connectivity index (χ0n) is 13.7. The number of halogens is 4. The van der Waals surface area contributed by atoms with Crippen LogP contribution in [-0.2, 0) is 6.18 Å². The maximum atomic E-state index is 13.1. The molecule has 0 radical (unpaired) electrons. The van der Waals surface area contributed by atoms with E-state index in [0.717, 1.165) is 12.1 Å². The fraction of sp³-hybridized carbons (Fsp3) is 0.0526. The summed E-state index contributed by atoms with van der Waals surface area (Å²) >= 11 is 0. The molecule has 0 aliphatic carbocycles. The predicted molar refractivity (Wildman–Crippen MR) is 93.3 cm³/mol. The largest absolute Gasteiger partial charge is 0.418 e. The second kappa shape index (κ2) is 7.45. The number of nitrogens with zero attached hydrogens (tertiary/aromatic N) is 1. The highest BCUT2D eigenvalue weighted by Gasteiger charge is 2.33. The number of carbonyl (C=O) groups is 1. The molecule has 1 heterocycles. The second-order valence-electron chi connectivity index (χ2n) is 5.56. The predicted octanol–water partition coefficient (Wildman–Crippen LogP) is 5.24. The maximum Gasteiger partial charge on any atom is 0.418 e. The third kappa shape index (κ3) is 4.60. The Labute approximate surface area is 151 Å². The number of alkyl halides is 3. The Morgan fingerprint density at radius 1 is 0.963 bits per heavy atom. The number of para-hydroxylation sites is 1. The van der Waals surface area contributed by atoms with Crippen LogP contribution in [0.1, 0.15) is 15.9 Å². The number of nitrogens with one attached hydrogen (secondary N) is 2. The van der Waals surface area contributed by atoms with E-state index in [0.29, 0.717) is 0 Å². The molecule has 0 aliphatic heterocycles. The van der Waals surface area contributed by atoms with Crippen LogP contribution >= 0.6 is 0 Å². The normalized spacial score (nSPS) is 11.1. The number of rotatable bonds is 4. The first-order valence-corrected chi connectivity index (χ1v) is 7.79. The molecule has 8 heteroatoms. The van der Waals surface area contributed by atoms with Crippen molar-refractivity contribution in [2.45, 2.75) is 6.18 Å². The minimum Gasteiger partial charge on any atom is -0.340 e. The molecular formula is C19H13F4N3O. The van der Waals surface area contributed by atoms with Gasteiger partial charge in [-0.05, 0) is 42.5 Å². The molecule has 0 saturated heterocycles. The zero-order chi connectivity index (χ0) is 19.4. The van der Waals surface area contributed by atoms with Gasteiger partial charge in [-0.2, -0.15) is 13.2 Å². The van der Waals surface area contributed by atoms with Crippen molar-refractivity contribution in [3.05, 3.63) is 83.8 Å². The minimum atomic E-state index is -4.51. The molecule has 138 valence electrons. The molecule has 2 N–H and O–H groups in total. The van der Waals surface area contributed by atoms with Crippen LogP contribution in [0.5, 0.6) is 0 Å². The van der Waals surface area contributed by atoms with E-state index in [-0.39, 0.29) is 22.8 Å². The fourth-order valence-corrected chi connectivity index (χ4v) is 2.35. The lowest BCUT2D eigenvalue weighted by Crippen LogP contribution is -2.12. The van der Waals surface area contributed by atoms with Crippen molar-refractivity contribution in [2.75, 3.05) is 10.6 Å². The summed E-state index contributed by atoms with van der Waals surface area (Å²) in [6, 6.07) is 13.2. The van der Waals surface area contributed by atoms with Gasteiger partial charge in [0.2, 0.25) is 0 Å². The number of pyridine rings is 1. The van der Waals surface area contributed by atoms with Crippen LogP contribution < -0.4 is 10.6 Å². The Hall–Kier alpha value is -3.42. The van der Waals surface area contributed by atoms with Gasteiger partial charge in [-0.25, -0.2) is 9.37 Å².